The Morgan fingerprint density at radius 3 is 1.14 bits per heavy atom. The van der Waals surface area contributed by atoms with Gasteiger partial charge in [0.05, 0.1) is 33.8 Å². The van der Waals surface area contributed by atoms with Crippen molar-refractivity contribution in [2.75, 3.05) is 16.0 Å². The SMILES string of the molecule is O=C(Nc1ccccc1-c1cc2ccccc2[nH]1)c1ccccc1O.O=C(Nc1ccccc1-c1cc2ccccc2[nH]1)c1cccnc1C(=O)O.O=C(O)c1cccnc1C(=O)Nc1ccccc1-c1cc2ccccc2[nH]1. The molecule has 386 valence electrons. The fourth-order valence-corrected chi connectivity index (χ4v) is 8.88. The van der Waals surface area contributed by atoms with Gasteiger partial charge in [-0.05, 0) is 91.0 Å². The number of hydrogen-bond donors (Lipinski definition) is 9. The molecular weight excluding hydrogens is 997 g/mol. The number of H-pyrrole nitrogens is 3. The lowest BCUT2D eigenvalue weighted by Crippen LogP contribution is -2.18. The highest BCUT2D eigenvalue weighted by Crippen LogP contribution is 2.34. The predicted octanol–water partition coefficient (Wildman–Crippen LogP) is 13.2. The van der Waals surface area contributed by atoms with Crippen molar-refractivity contribution in [2.45, 2.75) is 0 Å². The highest BCUT2D eigenvalue weighted by molar-refractivity contribution is 6.12. The molecule has 0 bridgehead atoms. The molecule has 0 saturated carbocycles. The van der Waals surface area contributed by atoms with E-state index in [9.17, 15) is 39.3 Å². The number of para-hydroxylation sites is 7. The monoisotopic (exact) mass is 1040 g/mol. The molecule has 0 aliphatic rings. The summed E-state index contributed by atoms with van der Waals surface area (Å²) in [7, 11) is 0. The Balaban J connectivity index is 0.000000134. The summed E-state index contributed by atoms with van der Waals surface area (Å²) >= 11 is 0. The molecular formula is C63H46N8O8. The van der Waals surface area contributed by atoms with Crippen molar-refractivity contribution in [1.29, 1.82) is 0 Å². The average molecular weight is 1040 g/mol. The van der Waals surface area contributed by atoms with Crippen molar-refractivity contribution in [2.24, 2.45) is 0 Å². The van der Waals surface area contributed by atoms with Crippen LogP contribution in [-0.2, 0) is 0 Å². The molecule has 9 N–H and O–H groups in total. The number of rotatable bonds is 11. The number of nitrogens with zero attached hydrogens (tertiary/aromatic N) is 2. The summed E-state index contributed by atoms with van der Waals surface area (Å²) in [4.78, 5) is 78.3. The van der Waals surface area contributed by atoms with Crippen LogP contribution in [0, 0.1) is 0 Å². The standard InChI is InChI=1S/2C21H15N3O3.C21H16N2O2/c25-20(19-15(21(26)27)8-5-11-22-19)24-17-10-4-2-7-14(17)18-12-13-6-1-3-9-16(13)23-18;25-20(15-8-5-11-22-19(15)21(26)27)24-17-10-4-2-7-14(17)18-12-13-6-1-3-9-16(13)23-18;24-20-12-6-3-9-16(20)21(25)23-18-11-5-2-8-15(18)19-13-14-7-1-4-10-17(14)22-19/h2*1-12,23H,(H,24,25)(H,26,27);1-13,22,24H,(H,23,25). The number of phenolic OH excluding ortho intramolecular Hbond substituents is 1. The van der Waals surface area contributed by atoms with Crippen LogP contribution in [0.1, 0.15) is 52.1 Å². The first-order valence-corrected chi connectivity index (χ1v) is 24.6. The van der Waals surface area contributed by atoms with Crippen LogP contribution in [0.2, 0.25) is 0 Å². The van der Waals surface area contributed by atoms with Crippen LogP contribution < -0.4 is 16.0 Å². The second-order valence-electron chi connectivity index (χ2n) is 17.7. The van der Waals surface area contributed by atoms with Gasteiger partial charge in [-0.3, -0.25) is 19.4 Å². The molecule has 7 aromatic carbocycles. The molecule has 0 spiro atoms. The van der Waals surface area contributed by atoms with E-state index in [2.05, 4.69) is 46.9 Å². The molecule has 0 unspecified atom stereocenters. The van der Waals surface area contributed by atoms with Gasteiger partial charge in [0.1, 0.15) is 11.4 Å². The third kappa shape index (κ3) is 11.5. The van der Waals surface area contributed by atoms with E-state index >= 15 is 0 Å². The molecule has 0 saturated heterocycles. The zero-order chi connectivity index (χ0) is 54.8. The van der Waals surface area contributed by atoms with Gasteiger partial charge in [-0.1, -0.05) is 121 Å². The molecule has 0 fully saturated rings. The maximum atomic E-state index is 12.7. The number of aromatic hydroxyl groups is 1. The number of amides is 3. The fourth-order valence-electron chi connectivity index (χ4n) is 8.88. The number of aromatic amines is 3. The summed E-state index contributed by atoms with van der Waals surface area (Å²) in [6.45, 7) is 0. The number of aromatic carboxylic acids is 2. The summed E-state index contributed by atoms with van der Waals surface area (Å²) in [6.07, 6.45) is 2.74. The van der Waals surface area contributed by atoms with Crippen molar-refractivity contribution in [1.82, 2.24) is 24.9 Å². The number of nitrogens with one attached hydrogen (secondary N) is 6. The number of hydrogen-bond acceptors (Lipinski definition) is 8. The lowest BCUT2D eigenvalue weighted by atomic mass is 10.1. The van der Waals surface area contributed by atoms with Crippen LogP contribution in [-0.4, -0.2) is 69.9 Å². The zero-order valence-corrected chi connectivity index (χ0v) is 41.6. The van der Waals surface area contributed by atoms with E-state index in [1.165, 1.54) is 42.7 Å². The fraction of sp³-hybridized carbons (Fsp3) is 0. The normalized spacial score (nSPS) is 10.7. The minimum absolute atomic E-state index is 0.0106. The molecule has 5 heterocycles. The number of carboxylic acids is 2. The van der Waals surface area contributed by atoms with Crippen molar-refractivity contribution in [3.8, 4) is 39.5 Å². The maximum absolute atomic E-state index is 12.7. The van der Waals surface area contributed by atoms with Crippen LogP contribution in [0.15, 0.2) is 225 Å². The summed E-state index contributed by atoms with van der Waals surface area (Å²) < 4.78 is 0. The van der Waals surface area contributed by atoms with Gasteiger partial charge in [-0.2, -0.15) is 0 Å². The topological polar surface area (TPSA) is 255 Å². The Hall–Kier alpha value is -11.4. The van der Waals surface area contributed by atoms with Gasteiger partial charge in [-0.25, -0.2) is 14.6 Å². The van der Waals surface area contributed by atoms with Crippen molar-refractivity contribution >= 4 is 79.4 Å². The third-order valence-electron chi connectivity index (χ3n) is 12.6. The van der Waals surface area contributed by atoms with E-state index in [1.807, 2.05) is 140 Å². The van der Waals surface area contributed by atoms with Gasteiger partial charge in [0.2, 0.25) is 0 Å². The highest BCUT2D eigenvalue weighted by atomic mass is 16.4. The van der Waals surface area contributed by atoms with Crippen LogP contribution >= 0.6 is 0 Å². The number of carbonyl (C=O) groups is 5. The molecule has 0 radical (unpaired) electrons. The highest BCUT2D eigenvalue weighted by Gasteiger charge is 2.21. The molecule has 79 heavy (non-hydrogen) atoms. The number of pyridine rings is 2. The first kappa shape index (κ1) is 51.1. The van der Waals surface area contributed by atoms with Crippen LogP contribution in [0.5, 0.6) is 5.75 Å². The van der Waals surface area contributed by atoms with Crippen LogP contribution in [0.3, 0.4) is 0 Å². The zero-order valence-electron chi connectivity index (χ0n) is 41.6. The molecule has 0 aliphatic carbocycles. The Kier molecular flexibility index (Phi) is 14.9. The van der Waals surface area contributed by atoms with Crippen LogP contribution in [0.4, 0.5) is 17.1 Å². The maximum Gasteiger partial charge on any atom is 0.355 e. The minimum atomic E-state index is -1.25. The van der Waals surface area contributed by atoms with Gasteiger partial charge in [0.25, 0.3) is 17.7 Å². The largest absolute Gasteiger partial charge is 0.507 e. The number of fused-ring (bicyclic) bond motifs is 3. The van der Waals surface area contributed by atoms with E-state index in [4.69, 9.17) is 0 Å². The summed E-state index contributed by atoms with van der Waals surface area (Å²) in [5.74, 6) is -3.92. The van der Waals surface area contributed by atoms with Gasteiger partial charge < -0.3 is 46.2 Å². The molecule has 12 aromatic rings. The van der Waals surface area contributed by atoms with Gasteiger partial charge >= 0.3 is 11.9 Å². The Morgan fingerprint density at radius 2 is 0.709 bits per heavy atom. The molecule has 0 aliphatic heterocycles. The minimum Gasteiger partial charge on any atom is -0.507 e. The second kappa shape index (κ2) is 23.0. The van der Waals surface area contributed by atoms with E-state index in [0.29, 0.717) is 17.1 Å². The second-order valence-corrected chi connectivity index (χ2v) is 17.7. The van der Waals surface area contributed by atoms with Crippen molar-refractivity contribution < 1.29 is 39.3 Å². The number of phenols is 1. The smallest absolute Gasteiger partial charge is 0.355 e. The van der Waals surface area contributed by atoms with Crippen molar-refractivity contribution in [3.63, 3.8) is 0 Å². The molecule has 3 amide bonds. The van der Waals surface area contributed by atoms with E-state index in [-0.39, 0.29) is 39.7 Å². The van der Waals surface area contributed by atoms with Crippen molar-refractivity contribution in [3.05, 3.63) is 253 Å². The average Bonchev–Trinajstić information content (AvgIpc) is 4.26. The quantitative estimate of drug-likeness (QED) is 0.0592. The third-order valence-corrected chi connectivity index (χ3v) is 12.6. The lowest BCUT2D eigenvalue weighted by Gasteiger charge is -2.11. The Bertz CT molecular complexity index is 3970. The van der Waals surface area contributed by atoms with Gasteiger partial charge in [0, 0.05) is 78.9 Å². The van der Waals surface area contributed by atoms with Crippen LogP contribution in [0.25, 0.3) is 66.5 Å². The summed E-state index contributed by atoms with van der Waals surface area (Å²) in [5.41, 5.74) is 9.70. The molecule has 5 aromatic heterocycles. The molecule has 16 heteroatoms. The predicted molar refractivity (Wildman–Crippen MR) is 306 cm³/mol. The van der Waals surface area contributed by atoms with Gasteiger partial charge in [-0.15, -0.1) is 0 Å². The number of aromatic nitrogens is 5. The van der Waals surface area contributed by atoms with Gasteiger partial charge in [0.15, 0.2) is 5.69 Å². The van der Waals surface area contributed by atoms with E-state index in [0.717, 1.165) is 66.5 Å². The first-order valence-electron chi connectivity index (χ1n) is 24.6. The Labute approximate surface area is 450 Å². The lowest BCUT2D eigenvalue weighted by molar-refractivity contribution is 0.0679. The first-order chi connectivity index (χ1) is 38.5. The number of carbonyl (C=O) groups excluding carboxylic acids is 3. The molecule has 16 nitrogen and oxygen atoms in total. The van der Waals surface area contributed by atoms with E-state index < -0.39 is 23.8 Å². The Morgan fingerprint density at radius 1 is 0.354 bits per heavy atom. The van der Waals surface area contributed by atoms with E-state index in [1.54, 1.807) is 36.4 Å². The number of anilines is 3. The molecule has 0 atom stereocenters. The summed E-state index contributed by atoms with van der Waals surface area (Å²) in [6, 6.07) is 64.5. The number of benzene rings is 7. The summed E-state index contributed by atoms with van der Waals surface area (Å²) in [5, 5.41) is 40.1. The molecule has 12 rings (SSSR count). The number of carboxylic acid groups (broad SMARTS) is 2.